The molecule has 0 saturated heterocycles. The molecule has 0 aliphatic rings. The summed E-state index contributed by atoms with van der Waals surface area (Å²) in [6.45, 7) is -0.0385. The number of H-pyrrole nitrogens is 1. The van der Waals surface area contributed by atoms with E-state index in [9.17, 15) is 14.9 Å². The lowest BCUT2D eigenvalue weighted by Crippen LogP contribution is -2.05. The summed E-state index contributed by atoms with van der Waals surface area (Å²) in [5.41, 5.74) is 0.589. The van der Waals surface area contributed by atoms with Gasteiger partial charge in [-0.2, -0.15) is 0 Å². The maximum absolute atomic E-state index is 11.3. The van der Waals surface area contributed by atoms with Crippen LogP contribution in [0.25, 0.3) is 0 Å². The number of nitrogens with zero attached hydrogens (tertiary/aromatic N) is 1. The number of nitrogens with one attached hydrogen (secondary N) is 1. The van der Waals surface area contributed by atoms with Gasteiger partial charge in [0.05, 0.1) is 6.61 Å². The van der Waals surface area contributed by atoms with Crippen molar-refractivity contribution in [3.63, 3.8) is 0 Å². The number of hydrogen-bond donors (Lipinski definition) is 1. The largest absolute Gasteiger partial charge is 0.367 e. The van der Waals surface area contributed by atoms with Crippen molar-refractivity contribution >= 4 is 5.78 Å². The summed E-state index contributed by atoms with van der Waals surface area (Å²) in [4.78, 5) is 27.9. The minimum atomic E-state index is -0.860. The molecule has 0 spiro atoms. The van der Waals surface area contributed by atoms with Crippen LogP contribution in [0.2, 0.25) is 0 Å². The molecule has 0 aromatic carbocycles. The molecule has 0 aliphatic carbocycles. The summed E-state index contributed by atoms with van der Waals surface area (Å²) >= 11 is 0. The Hall–Kier alpha value is -1.85. The average molecular weight is 198 g/mol. The van der Waals surface area contributed by atoms with Gasteiger partial charge in [-0.3, -0.25) is 4.79 Å². The molecular formula is C8H10N2O4. The number of rotatable bonds is 6. The Morgan fingerprint density at radius 2 is 2.43 bits per heavy atom. The first kappa shape index (κ1) is 10.2. The van der Waals surface area contributed by atoms with Gasteiger partial charge in [-0.15, -0.1) is 10.1 Å². The molecule has 0 amide bonds. The zero-order valence-electron chi connectivity index (χ0n) is 7.43. The minimum absolute atomic E-state index is 0.0385. The summed E-state index contributed by atoms with van der Waals surface area (Å²) in [5.74, 6) is -0.0433. The number of Topliss-reactive ketones (excluding diaryl/α,β-unsaturated/α-hetero) is 1. The Labute approximate surface area is 80.0 Å². The first-order chi connectivity index (χ1) is 6.70. The van der Waals surface area contributed by atoms with Crippen molar-refractivity contribution in [1.29, 1.82) is 0 Å². The summed E-state index contributed by atoms with van der Waals surface area (Å²) in [7, 11) is 0. The summed E-state index contributed by atoms with van der Waals surface area (Å²) < 4.78 is 0. The van der Waals surface area contributed by atoms with Crippen molar-refractivity contribution in [3.8, 4) is 0 Å². The molecule has 0 saturated carbocycles. The minimum Gasteiger partial charge on any atom is -0.367 e. The first-order valence-electron chi connectivity index (χ1n) is 4.13. The lowest BCUT2D eigenvalue weighted by molar-refractivity contribution is -0.757. The topological polar surface area (TPSA) is 85.2 Å². The van der Waals surface area contributed by atoms with E-state index >= 15 is 0 Å². The molecule has 1 aromatic rings. The molecule has 1 heterocycles. The van der Waals surface area contributed by atoms with E-state index in [1.165, 1.54) is 0 Å². The van der Waals surface area contributed by atoms with Crippen molar-refractivity contribution in [3.05, 3.63) is 34.1 Å². The molecule has 0 aliphatic heterocycles. The van der Waals surface area contributed by atoms with E-state index in [2.05, 4.69) is 9.82 Å². The SMILES string of the molecule is O=C(CCCO[N+](=O)[O-])c1cc[nH]c1. The summed E-state index contributed by atoms with van der Waals surface area (Å²) in [6, 6.07) is 1.66. The zero-order chi connectivity index (χ0) is 10.4. The standard InChI is InChI=1S/C8H10N2O4/c11-8(7-3-4-9-6-7)2-1-5-14-10(12)13/h3-4,6,9H,1-2,5H2. The van der Waals surface area contributed by atoms with Crippen LogP contribution in [0.3, 0.4) is 0 Å². The van der Waals surface area contributed by atoms with Gasteiger partial charge in [-0.1, -0.05) is 0 Å². The maximum Gasteiger partial charge on any atom is 0.294 e. The second kappa shape index (κ2) is 5.00. The van der Waals surface area contributed by atoms with Crippen LogP contribution < -0.4 is 0 Å². The summed E-state index contributed by atoms with van der Waals surface area (Å²) in [6.07, 6.45) is 3.86. The number of aromatic amines is 1. The number of ketones is 1. The van der Waals surface area contributed by atoms with Crippen molar-refractivity contribution in [2.75, 3.05) is 6.61 Å². The van der Waals surface area contributed by atoms with Crippen LogP contribution in [0.1, 0.15) is 23.2 Å². The molecule has 1 aromatic heterocycles. The van der Waals surface area contributed by atoms with Crippen LogP contribution in [0.5, 0.6) is 0 Å². The van der Waals surface area contributed by atoms with Gasteiger partial charge in [-0.25, -0.2) is 0 Å². The van der Waals surface area contributed by atoms with Crippen molar-refractivity contribution < 1.29 is 14.7 Å². The van der Waals surface area contributed by atoms with Crippen LogP contribution in [0, 0.1) is 10.1 Å². The van der Waals surface area contributed by atoms with Gasteiger partial charge in [0.15, 0.2) is 5.78 Å². The van der Waals surface area contributed by atoms with E-state index < -0.39 is 5.09 Å². The van der Waals surface area contributed by atoms with Crippen LogP contribution >= 0.6 is 0 Å². The second-order valence-electron chi connectivity index (χ2n) is 2.68. The third kappa shape index (κ3) is 3.26. The van der Waals surface area contributed by atoms with E-state index in [1.807, 2.05) is 0 Å². The third-order valence-corrected chi connectivity index (χ3v) is 1.66. The lowest BCUT2D eigenvalue weighted by atomic mass is 10.1. The summed E-state index contributed by atoms with van der Waals surface area (Å²) in [5, 5.41) is 8.91. The second-order valence-corrected chi connectivity index (χ2v) is 2.68. The smallest absolute Gasteiger partial charge is 0.294 e. The molecule has 0 atom stereocenters. The van der Waals surface area contributed by atoms with Crippen LogP contribution in [0.4, 0.5) is 0 Å². The normalized spacial score (nSPS) is 9.71. The highest BCUT2D eigenvalue weighted by Crippen LogP contribution is 2.03. The molecule has 6 nitrogen and oxygen atoms in total. The molecule has 0 unspecified atom stereocenters. The van der Waals surface area contributed by atoms with E-state index in [4.69, 9.17) is 0 Å². The van der Waals surface area contributed by atoms with E-state index in [0.717, 1.165) is 0 Å². The molecule has 1 rings (SSSR count). The molecule has 1 N–H and O–H groups in total. The number of carbonyl (C=O) groups excluding carboxylic acids is 1. The highest BCUT2D eigenvalue weighted by molar-refractivity contribution is 5.95. The van der Waals surface area contributed by atoms with Gasteiger partial charge in [0.1, 0.15) is 0 Å². The predicted molar refractivity (Wildman–Crippen MR) is 47.3 cm³/mol. The monoisotopic (exact) mass is 198 g/mol. The van der Waals surface area contributed by atoms with Crippen molar-refractivity contribution in [2.45, 2.75) is 12.8 Å². The molecule has 14 heavy (non-hydrogen) atoms. The Morgan fingerprint density at radius 3 is 3.00 bits per heavy atom. The van der Waals surface area contributed by atoms with Crippen LogP contribution in [-0.4, -0.2) is 22.5 Å². The Bertz CT molecular complexity index is 307. The van der Waals surface area contributed by atoms with Crippen LogP contribution in [0.15, 0.2) is 18.5 Å². The molecular weight excluding hydrogens is 188 g/mol. The fourth-order valence-electron chi connectivity index (χ4n) is 1.01. The Morgan fingerprint density at radius 1 is 1.64 bits per heavy atom. The number of aromatic nitrogens is 1. The molecule has 76 valence electrons. The van der Waals surface area contributed by atoms with Crippen molar-refractivity contribution in [2.24, 2.45) is 0 Å². The average Bonchev–Trinajstić information content (AvgIpc) is 2.64. The van der Waals surface area contributed by atoms with E-state index in [1.54, 1.807) is 18.5 Å². The predicted octanol–water partition coefficient (Wildman–Crippen LogP) is 1.19. The van der Waals surface area contributed by atoms with Gasteiger partial charge < -0.3 is 9.82 Å². The maximum atomic E-state index is 11.3. The fourth-order valence-corrected chi connectivity index (χ4v) is 1.01. The molecule has 0 radical (unpaired) electrons. The quantitative estimate of drug-likeness (QED) is 0.322. The Kier molecular flexibility index (Phi) is 3.66. The van der Waals surface area contributed by atoms with Gasteiger partial charge in [0.25, 0.3) is 5.09 Å². The molecule has 6 heteroatoms. The number of hydrogen-bond acceptors (Lipinski definition) is 4. The fraction of sp³-hybridized carbons (Fsp3) is 0.375. The van der Waals surface area contributed by atoms with Crippen LogP contribution in [-0.2, 0) is 4.84 Å². The van der Waals surface area contributed by atoms with Gasteiger partial charge >= 0.3 is 0 Å². The first-order valence-corrected chi connectivity index (χ1v) is 4.13. The highest BCUT2D eigenvalue weighted by Gasteiger charge is 2.05. The van der Waals surface area contributed by atoms with Gasteiger partial charge in [0, 0.05) is 24.4 Å². The molecule has 0 fully saturated rings. The number of carbonyl (C=O) groups is 1. The van der Waals surface area contributed by atoms with E-state index in [-0.39, 0.29) is 18.8 Å². The van der Waals surface area contributed by atoms with Gasteiger partial charge in [-0.05, 0) is 12.5 Å². The van der Waals surface area contributed by atoms with Gasteiger partial charge in [0.2, 0.25) is 0 Å². The Balaban J connectivity index is 2.19. The van der Waals surface area contributed by atoms with Crippen molar-refractivity contribution in [1.82, 2.24) is 4.98 Å². The third-order valence-electron chi connectivity index (χ3n) is 1.66. The molecule has 0 bridgehead atoms. The van der Waals surface area contributed by atoms with E-state index in [0.29, 0.717) is 12.0 Å². The lowest BCUT2D eigenvalue weighted by Gasteiger charge is -1.97. The zero-order valence-corrected chi connectivity index (χ0v) is 7.43. The highest BCUT2D eigenvalue weighted by atomic mass is 16.9.